The normalized spacial score (nSPS) is 10.5. The molecule has 0 aliphatic carbocycles. The van der Waals surface area contributed by atoms with Gasteiger partial charge in [0.1, 0.15) is 5.56 Å². The number of fused-ring (bicyclic) bond motifs is 1. The number of halogens is 1. The molecule has 0 spiro atoms. The van der Waals surface area contributed by atoms with Crippen LogP contribution in [0.3, 0.4) is 0 Å². The molecule has 0 aliphatic rings. The van der Waals surface area contributed by atoms with Gasteiger partial charge in [-0.3, -0.25) is 0 Å². The number of esters is 1. The van der Waals surface area contributed by atoms with Crippen LogP contribution in [0.2, 0.25) is 0 Å². The van der Waals surface area contributed by atoms with Crippen molar-refractivity contribution in [3.63, 3.8) is 0 Å². The summed E-state index contributed by atoms with van der Waals surface area (Å²) in [6.45, 7) is 3.96. The summed E-state index contributed by atoms with van der Waals surface area (Å²) in [5.74, 6) is -0.115. The Labute approximate surface area is 119 Å². The van der Waals surface area contributed by atoms with E-state index in [-0.39, 0.29) is 0 Å². The molecule has 1 aromatic heterocycles. The minimum atomic E-state index is -0.408. The van der Waals surface area contributed by atoms with Gasteiger partial charge in [-0.2, -0.15) is 0 Å². The first-order chi connectivity index (χ1) is 9.08. The van der Waals surface area contributed by atoms with Gasteiger partial charge in [0.25, 0.3) is 0 Å². The fraction of sp³-hybridized carbons (Fsp3) is 0.286. The van der Waals surface area contributed by atoms with Crippen LogP contribution in [0.25, 0.3) is 10.9 Å². The van der Waals surface area contributed by atoms with Gasteiger partial charge >= 0.3 is 5.97 Å². The van der Waals surface area contributed by atoms with Crippen molar-refractivity contribution in [2.24, 2.45) is 0 Å². The van der Waals surface area contributed by atoms with Crippen molar-refractivity contribution < 1.29 is 14.3 Å². The molecule has 2 rings (SSSR count). The number of nitrogens with zero attached hydrogens (tertiary/aromatic N) is 1. The van der Waals surface area contributed by atoms with Crippen LogP contribution in [0, 0.1) is 6.92 Å². The Morgan fingerprint density at radius 2 is 2.16 bits per heavy atom. The molecule has 0 radical (unpaired) electrons. The van der Waals surface area contributed by atoms with Crippen LogP contribution >= 0.6 is 15.9 Å². The largest absolute Gasteiger partial charge is 0.480 e. The van der Waals surface area contributed by atoms with Crippen molar-refractivity contribution in [1.29, 1.82) is 0 Å². The molecule has 1 aromatic carbocycles. The van der Waals surface area contributed by atoms with Gasteiger partial charge in [-0.1, -0.05) is 22.0 Å². The number of ether oxygens (including phenoxy) is 2. The van der Waals surface area contributed by atoms with E-state index >= 15 is 0 Å². The smallest absolute Gasteiger partial charge is 0.343 e. The van der Waals surface area contributed by atoms with Crippen molar-refractivity contribution in [3.05, 3.63) is 33.8 Å². The number of carbonyl (C=O) groups excluding carboxylic acids is 1. The fourth-order valence-electron chi connectivity index (χ4n) is 1.97. The van der Waals surface area contributed by atoms with E-state index in [1.54, 1.807) is 6.92 Å². The number of aryl methyl sites for hydroxylation is 1. The molecule has 100 valence electrons. The molecule has 0 saturated heterocycles. The monoisotopic (exact) mass is 323 g/mol. The van der Waals surface area contributed by atoms with Gasteiger partial charge in [0.15, 0.2) is 0 Å². The fourth-order valence-corrected chi connectivity index (χ4v) is 2.32. The number of benzene rings is 1. The molecule has 2 aromatic rings. The Morgan fingerprint density at radius 3 is 2.79 bits per heavy atom. The number of hydrogen-bond acceptors (Lipinski definition) is 4. The number of aromatic nitrogens is 1. The first-order valence-corrected chi connectivity index (χ1v) is 6.68. The topological polar surface area (TPSA) is 48.4 Å². The number of pyridine rings is 1. The lowest BCUT2D eigenvalue weighted by molar-refractivity contribution is 0.0521. The Morgan fingerprint density at radius 1 is 1.42 bits per heavy atom. The maximum Gasteiger partial charge on any atom is 0.343 e. The molecule has 0 aliphatic heterocycles. The molecular weight excluding hydrogens is 310 g/mol. The van der Waals surface area contributed by atoms with Gasteiger partial charge in [-0.05, 0) is 31.5 Å². The average molecular weight is 324 g/mol. The highest BCUT2D eigenvalue weighted by Gasteiger charge is 2.20. The summed E-state index contributed by atoms with van der Waals surface area (Å²) >= 11 is 3.40. The summed E-state index contributed by atoms with van der Waals surface area (Å²) in [6.07, 6.45) is 0. The van der Waals surface area contributed by atoms with Crippen LogP contribution in [-0.4, -0.2) is 24.7 Å². The second-order valence-corrected chi connectivity index (χ2v) is 4.92. The lowest BCUT2D eigenvalue weighted by atomic mass is 10.0. The van der Waals surface area contributed by atoms with Crippen LogP contribution < -0.4 is 4.74 Å². The third-order valence-electron chi connectivity index (χ3n) is 2.85. The Kier molecular flexibility index (Phi) is 4.04. The Hall–Kier alpha value is -1.62. The van der Waals surface area contributed by atoms with Gasteiger partial charge in [0, 0.05) is 9.86 Å². The third kappa shape index (κ3) is 2.56. The summed E-state index contributed by atoms with van der Waals surface area (Å²) < 4.78 is 11.2. The number of methoxy groups -OCH3 is 1. The van der Waals surface area contributed by atoms with Crippen LogP contribution in [0.15, 0.2) is 22.7 Å². The van der Waals surface area contributed by atoms with E-state index in [2.05, 4.69) is 20.9 Å². The lowest BCUT2D eigenvalue weighted by Gasteiger charge is -2.12. The van der Waals surface area contributed by atoms with Gasteiger partial charge in [0.05, 0.1) is 19.2 Å². The highest BCUT2D eigenvalue weighted by Crippen LogP contribution is 2.29. The van der Waals surface area contributed by atoms with Crippen molar-refractivity contribution in [2.75, 3.05) is 13.7 Å². The summed E-state index contributed by atoms with van der Waals surface area (Å²) in [4.78, 5) is 16.4. The van der Waals surface area contributed by atoms with Crippen molar-refractivity contribution in [3.8, 4) is 5.88 Å². The molecule has 0 N–H and O–H groups in total. The summed E-state index contributed by atoms with van der Waals surface area (Å²) in [6, 6.07) is 5.72. The molecule has 1 heterocycles. The first-order valence-electron chi connectivity index (χ1n) is 5.89. The van der Waals surface area contributed by atoms with Crippen LogP contribution in [-0.2, 0) is 4.74 Å². The van der Waals surface area contributed by atoms with Gasteiger partial charge < -0.3 is 9.47 Å². The molecule has 5 heteroatoms. The molecule has 19 heavy (non-hydrogen) atoms. The molecule has 0 saturated carbocycles. The maximum absolute atomic E-state index is 12.0. The quantitative estimate of drug-likeness (QED) is 0.811. The summed E-state index contributed by atoms with van der Waals surface area (Å²) in [5.41, 5.74) is 1.98. The standard InChI is InChI=1S/C14H14BrNO3/c1-4-19-14(17)12-8(2)10-6-5-9(15)7-11(10)16-13(12)18-3/h5-7H,4H2,1-3H3. The molecule has 0 fully saturated rings. The van der Waals surface area contributed by atoms with E-state index in [0.29, 0.717) is 18.1 Å². The minimum absolute atomic E-state index is 0.293. The second-order valence-electron chi connectivity index (χ2n) is 4.00. The van der Waals surface area contributed by atoms with E-state index in [1.165, 1.54) is 7.11 Å². The van der Waals surface area contributed by atoms with Crippen LogP contribution in [0.1, 0.15) is 22.8 Å². The molecule has 0 unspecified atom stereocenters. The predicted molar refractivity (Wildman–Crippen MR) is 76.7 cm³/mol. The first kappa shape index (κ1) is 13.8. The molecular formula is C14H14BrNO3. The van der Waals surface area contributed by atoms with E-state index < -0.39 is 5.97 Å². The van der Waals surface area contributed by atoms with Crippen molar-refractivity contribution in [2.45, 2.75) is 13.8 Å². The third-order valence-corrected chi connectivity index (χ3v) is 3.34. The second kappa shape index (κ2) is 5.57. The molecule has 0 amide bonds. The minimum Gasteiger partial charge on any atom is -0.480 e. The lowest BCUT2D eigenvalue weighted by Crippen LogP contribution is -2.10. The van der Waals surface area contributed by atoms with E-state index in [0.717, 1.165) is 20.9 Å². The number of carbonyl (C=O) groups is 1. The zero-order chi connectivity index (χ0) is 14.0. The highest BCUT2D eigenvalue weighted by atomic mass is 79.9. The van der Waals surface area contributed by atoms with Gasteiger partial charge in [-0.25, -0.2) is 9.78 Å². The van der Waals surface area contributed by atoms with E-state index in [1.807, 2.05) is 25.1 Å². The van der Waals surface area contributed by atoms with Crippen LogP contribution in [0.4, 0.5) is 0 Å². The Balaban J connectivity index is 2.72. The summed E-state index contributed by atoms with van der Waals surface area (Å²) in [5, 5.41) is 0.909. The number of hydrogen-bond donors (Lipinski definition) is 0. The van der Waals surface area contributed by atoms with E-state index in [9.17, 15) is 4.79 Å². The molecule has 0 bridgehead atoms. The highest BCUT2D eigenvalue weighted by molar-refractivity contribution is 9.10. The molecule has 4 nitrogen and oxygen atoms in total. The van der Waals surface area contributed by atoms with Gasteiger partial charge in [-0.15, -0.1) is 0 Å². The number of rotatable bonds is 3. The van der Waals surface area contributed by atoms with Gasteiger partial charge in [0.2, 0.25) is 5.88 Å². The average Bonchev–Trinajstić information content (AvgIpc) is 2.38. The zero-order valence-electron chi connectivity index (χ0n) is 11.0. The van der Waals surface area contributed by atoms with Crippen molar-refractivity contribution in [1.82, 2.24) is 4.98 Å². The Bertz CT molecular complexity index is 640. The zero-order valence-corrected chi connectivity index (χ0v) is 12.6. The van der Waals surface area contributed by atoms with Crippen LogP contribution in [0.5, 0.6) is 5.88 Å². The summed E-state index contributed by atoms with van der Waals surface area (Å²) in [7, 11) is 1.49. The van der Waals surface area contributed by atoms with Crippen molar-refractivity contribution >= 4 is 32.8 Å². The van der Waals surface area contributed by atoms with E-state index in [4.69, 9.17) is 9.47 Å². The maximum atomic E-state index is 12.0. The predicted octanol–water partition coefficient (Wildman–Crippen LogP) is 3.49. The molecule has 0 atom stereocenters. The SMILES string of the molecule is CCOC(=O)c1c(OC)nc2cc(Br)ccc2c1C.